The van der Waals surface area contributed by atoms with Crippen molar-refractivity contribution in [2.24, 2.45) is 0 Å². The van der Waals surface area contributed by atoms with Crippen molar-refractivity contribution < 1.29 is 9.47 Å². The van der Waals surface area contributed by atoms with Gasteiger partial charge in [-0.1, -0.05) is 30.1 Å². The molecule has 0 radical (unpaired) electrons. The first-order chi connectivity index (χ1) is 10.7. The first-order valence-corrected chi connectivity index (χ1v) is 8.58. The van der Waals surface area contributed by atoms with Crippen LogP contribution >= 0.6 is 23.2 Å². The van der Waals surface area contributed by atoms with Crippen LogP contribution in [0.2, 0.25) is 10.0 Å². The molecule has 1 aromatic carbocycles. The molecule has 0 bridgehead atoms. The zero-order chi connectivity index (χ0) is 15.8. The fourth-order valence-electron chi connectivity index (χ4n) is 2.40. The number of rotatable bonds is 8. The third-order valence-electron chi connectivity index (χ3n) is 3.56. The molecule has 0 spiro atoms. The first-order valence-electron chi connectivity index (χ1n) is 7.82. The Morgan fingerprint density at radius 3 is 2.77 bits per heavy atom. The van der Waals surface area contributed by atoms with Gasteiger partial charge in [-0.3, -0.25) is 4.90 Å². The summed E-state index contributed by atoms with van der Waals surface area (Å²) in [5, 5.41) is 4.65. The quantitative estimate of drug-likeness (QED) is 0.733. The van der Waals surface area contributed by atoms with Crippen molar-refractivity contribution in [2.45, 2.75) is 19.9 Å². The molecule has 1 aliphatic rings. The Balaban J connectivity index is 1.85. The molecule has 4 nitrogen and oxygen atoms in total. The van der Waals surface area contributed by atoms with Crippen LogP contribution in [0.25, 0.3) is 0 Å². The molecule has 0 unspecified atom stereocenters. The Hall–Kier alpha value is -0.520. The summed E-state index contributed by atoms with van der Waals surface area (Å²) in [5.74, 6) is 0.742. The molecule has 0 amide bonds. The normalized spacial score (nSPS) is 16.0. The third-order valence-corrected chi connectivity index (χ3v) is 4.06. The summed E-state index contributed by atoms with van der Waals surface area (Å²) in [7, 11) is 0. The number of hydrogen-bond acceptors (Lipinski definition) is 4. The second-order valence-corrected chi connectivity index (χ2v) is 6.20. The molecule has 1 heterocycles. The molecule has 0 aromatic heterocycles. The maximum absolute atomic E-state index is 6.25. The lowest BCUT2D eigenvalue weighted by atomic mass is 10.2. The van der Waals surface area contributed by atoms with E-state index in [1.165, 1.54) is 0 Å². The summed E-state index contributed by atoms with van der Waals surface area (Å²) < 4.78 is 11.1. The van der Waals surface area contributed by atoms with Crippen molar-refractivity contribution >= 4 is 23.2 Å². The molecular formula is C16H24Cl2N2O2. The largest absolute Gasteiger partial charge is 0.492 e. The Morgan fingerprint density at radius 1 is 1.27 bits per heavy atom. The van der Waals surface area contributed by atoms with Gasteiger partial charge in [0.1, 0.15) is 5.75 Å². The Labute approximate surface area is 142 Å². The molecule has 6 heteroatoms. The highest BCUT2D eigenvalue weighted by Gasteiger charge is 2.12. The van der Waals surface area contributed by atoms with Gasteiger partial charge in [-0.25, -0.2) is 0 Å². The summed E-state index contributed by atoms with van der Waals surface area (Å²) >= 11 is 12.3. The molecule has 0 saturated carbocycles. The first kappa shape index (κ1) is 17.8. The van der Waals surface area contributed by atoms with Gasteiger partial charge >= 0.3 is 0 Å². The molecule has 22 heavy (non-hydrogen) atoms. The Kier molecular flexibility index (Phi) is 7.76. The van der Waals surface area contributed by atoms with Crippen LogP contribution in [0.1, 0.15) is 18.9 Å². The number of nitrogens with zero attached hydrogens (tertiary/aromatic N) is 1. The van der Waals surface area contributed by atoms with E-state index < -0.39 is 0 Å². The van der Waals surface area contributed by atoms with Gasteiger partial charge in [0.05, 0.1) is 24.8 Å². The zero-order valence-electron chi connectivity index (χ0n) is 13.0. The van der Waals surface area contributed by atoms with E-state index in [9.17, 15) is 0 Å². The Morgan fingerprint density at radius 2 is 2.05 bits per heavy atom. The van der Waals surface area contributed by atoms with Gasteiger partial charge in [-0.2, -0.15) is 0 Å². The van der Waals surface area contributed by atoms with Crippen LogP contribution < -0.4 is 10.1 Å². The maximum Gasteiger partial charge on any atom is 0.142 e. The van der Waals surface area contributed by atoms with E-state index in [2.05, 4.69) is 17.1 Å². The van der Waals surface area contributed by atoms with Crippen molar-refractivity contribution in [3.63, 3.8) is 0 Å². The highest BCUT2D eigenvalue weighted by atomic mass is 35.5. The monoisotopic (exact) mass is 346 g/mol. The highest BCUT2D eigenvalue weighted by Crippen LogP contribution is 2.32. The molecule has 1 fully saturated rings. The van der Waals surface area contributed by atoms with Crippen molar-refractivity contribution in [3.8, 4) is 5.75 Å². The minimum absolute atomic E-state index is 0.575. The number of ether oxygens (including phenoxy) is 2. The van der Waals surface area contributed by atoms with Crippen LogP contribution in [0.4, 0.5) is 0 Å². The molecule has 1 aromatic rings. The van der Waals surface area contributed by atoms with Gasteiger partial charge in [0.2, 0.25) is 0 Å². The van der Waals surface area contributed by atoms with Gasteiger partial charge in [-0.15, -0.1) is 0 Å². The van der Waals surface area contributed by atoms with Crippen LogP contribution in [-0.2, 0) is 11.3 Å². The summed E-state index contributed by atoms with van der Waals surface area (Å²) in [6, 6.07) is 3.64. The average molecular weight is 347 g/mol. The summed E-state index contributed by atoms with van der Waals surface area (Å²) in [5.41, 5.74) is 1.01. The van der Waals surface area contributed by atoms with E-state index in [4.69, 9.17) is 32.7 Å². The lowest BCUT2D eigenvalue weighted by molar-refractivity contribution is 0.0384. The molecule has 2 rings (SSSR count). The predicted molar refractivity (Wildman–Crippen MR) is 91.2 cm³/mol. The van der Waals surface area contributed by atoms with E-state index in [1.807, 2.05) is 6.07 Å². The lowest BCUT2D eigenvalue weighted by Gasteiger charge is -2.26. The molecule has 0 aliphatic carbocycles. The SMILES string of the molecule is CCCOc1c(Cl)cc(Cl)cc1CNCCN1CCOCC1. The molecule has 1 aliphatic heterocycles. The van der Waals surface area contributed by atoms with E-state index in [0.717, 1.165) is 57.1 Å². The van der Waals surface area contributed by atoms with E-state index >= 15 is 0 Å². The number of nitrogens with one attached hydrogen (secondary N) is 1. The maximum atomic E-state index is 6.25. The number of morpholine rings is 1. The van der Waals surface area contributed by atoms with Gasteiger partial charge in [0.25, 0.3) is 0 Å². The summed E-state index contributed by atoms with van der Waals surface area (Å²) in [6.07, 6.45) is 0.947. The average Bonchev–Trinajstić information content (AvgIpc) is 2.51. The van der Waals surface area contributed by atoms with Crippen molar-refractivity contribution in [2.75, 3.05) is 46.0 Å². The van der Waals surface area contributed by atoms with Gasteiger partial charge in [-0.05, 0) is 18.6 Å². The molecule has 0 atom stereocenters. The van der Waals surface area contributed by atoms with Crippen molar-refractivity contribution in [3.05, 3.63) is 27.7 Å². The molecule has 1 saturated heterocycles. The Bertz CT molecular complexity index is 466. The zero-order valence-corrected chi connectivity index (χ0v) is 14.6. The fraction of sp³-hybridized carbons (Fsp3) is 0.625. The minimum Gasteiger partial charge on any atom is -0.492 e. The van der Waals surface area contributed by atoms with Crippen LogP contribution in [0, 0.1) is 0 Å². The van der Waals surface area contributed by atoms with Crippen LogP contribution in [0.15, 0.2) is 12.1 Å². The topological polar surface area (TPSA) is 33.7 Å². The predicted octanol–water partition coefficient (Wildman–Crippen LogP) is 3.20. The van der Waals surface area contributed by atoms with Gasteiger partial charge < -0.3 is 14.8 Å². The fourth-order valence-corrected chi connectivity index (χ4v) is 2.99. The van der Waals surface area contributed by atoms with Gasteiger partial charge in [0, 0.05) is 43.3 Å². The van der Waals surface area contributed by atoms with Crippen LogP contribution in [0.3, 0.4) is 0 Å². The minimum atomic E-state index is 0.575. The number of halogens is 2. The highest BCUT2D eigenvalue weighted by molar-refractivity contribution is 6.35. The lowest BCUT2D eigenvalue weighted by Crippen LogP contribution is -2.40. The standard InChI is InChI=1S/C16H24Cl2N2O2/c1-2-7-22-16-13(10-14(17)11-15(16)18)12-19-3-4-20-5-8-21-9-6-20/h10-11,19H,2-9,12H2,1H3. The summed E-state index contributed by atoms with van der Waals surface area (Å²) in [4.78, 5) is 2.40. The molecular weight excluding hydrogens is 323 g/mol. The van der Waals surface area contributed by atoms with Crippen LogP contribution in [0.5, 0.6) is 5.75 Å². The third kappa shape index (κ3) is 5.60. The van der Waals surface area contributed by atoms with Gasteiger partial charge in [0.15, 0.2) is 0 Å². The van der Waals surface area contributed by atoms with E-state index in [-0.39, 0.29) is 0 Å². The molecule has 1 N–H and O–H groups in total. The number of hydrogen-bond donors (Lipinski definition) is 1. The van der Waals surface area contributed by atoms with E-state index in [1.54, 1.807) is 6.07 Å². The van der Waals surface area contributed by atoms with Crippen molar-refractivity contribution in [1.82, 2.24) is 10.2 Å². The number of benzene rings is 1. The second kappa shape index (κ2) is 9.58. The summed E-state index contributed by atoms with van der Waals surface area (Å²) in [6.45, 7) is 9.04. The second-order valence-electron chi connectivity index (χ2n) is 5.36. The molecule has 124 valence electrons. The van der Waals surface area contributed by atoms with Crippen molar-refractivity contribution in [1.29, 1.82) is 0 Å². The smallest absolute Gasteiger partial charge is 0.142 e. The van der Waals surface area contributed by atoms with E-state index in [0.29, 0.717) is 23.2 Å². The van der Waals surface area contributed by atoms with Crippen LogP contribution in [-0.4, -0.2) is 50.9 Å².